The number of rotatable bonds is 4. The minimum Gasteiger partial charge on any atom is -0.370 e. The SMILES string of the molecule is N=C(N)Nc1ccc(C2=CCN(C(=O)/C=C/c3cnc4c(c3)CCC(=O)N4)CC2)cc1. The number of nitrogens with one attached hydrogen (secondary N) is 3. The average molecular weight is 416 g/mol. The molecule has 3 heterocycles. The molecule has 0 spiro atoms. The van der Waals surface area contributed by atoms with Crippen LogP contribution in [0.3, 0.4) is 0 Å². The van der Waals surface area contributed by atoms with Crippen LogP contribution >= 0.6 is 0 Å². The lowest BCUT2D eigenvalue weighted by molar-refractivity contribution is -0.125. The second-order valence-electron chi connectivity index (χ2n) is 7.54. The van der Waals surface area contributed by atoms with Gasteiger partial charge in [0.2, 0.25) is 11.8 Å². The van der Waals surface area contributed by atoms with Gasteiger partial charge in [-0.3, -0.25) is 15.0 Å². The minimum absolute atomic E-state index is 0.0142. The molecule has 0 fully saturated rings. The maximum absolute atomic E-state index is 12.6. The summed E-state index contributed by atoms with van der Waals surface area (Å²) >= 11 is 0. The van der Waals surface area contributed by atoms with Crippen LogP contribution in [0.1, 0.15) is 29.5 Å². The highest BCUT2D eigenvalue weighted by Gasteiger charge is 2.17. The first-order valence-corrected chi connectivity index (χ1v) is 10.1. The van der Waals surface area contributed by atoms with Gasteiger partial charge in [-0.25, -0.2) is 4.98 Å². The standard InChI is InChI=1S/C23H24N6O2/c24-23(25)27-19-5-2-16(3-6-19)17-9-11-29(12-10-17)21(31)8-1-15-13-18-4-7-20(30)28-22(18)26-14-15/h1-3,5-6,8-9,13-14H,4,7,10-12H2,(H4,24,25,27)(H,26,28,30)/b8-1+. The van der Waals surface area contributed by atoms with Crippen LogP contribution in [-0.4, -0.2) is 40.7 Å². The molecule has 0 bridgehead atoms. The van der Waals surface area contributed by atoms with Crippen LogP contribution in [0.4, 0.5) is 11.5 Å². The number of guanidine groups is 1. The van der Waals surface area contributed by atoms with Gasteiger partial charge >= 0.3 is 0 Å². The molecular formula is C23H24N6O2. The van der Waals surface area contributed by atoms with Crippen molar-refractivity contribution in [2.75, 3.05) is 23.7 Å². The van der Waals surface area contributed by atoms with Crippen LogP contribution in [0.25, 0.3) is 11.6 Å². The van der Waals surface area contributed by atoms with Crippen LogP contribution in [0.15, 0.2) is 48.7 Å². The Kier molecular flexibility index (Phi) is 5.79. The van der Waals surface area contributed by atoms with E-state index in [0.717, 1.165) is 28.8 Å². The van der Waals surface area contributed by atoms with Gasteiger partial charge in [0.15, 0.2) is 5.96 Å². The Morgan fingerprint density at radius 3 is 2.74 bits per heavy atom. The van der Waals surface area contributed by atoms with Gasteiger partial charge in [0.1, 0.15) is 5.82 Å². The lowest BCUT2D eigenvalue weighted by Crippen LogP contribution is -2.33. The molecule has 0 radical (unpaired) electrons. The van der Waals surface area contributed by atoms with Crippen LogP contribution in [-0.2, 0) is 16.0 Å². The van der Waals surface area contributed by atoms with E-state index < -0.39 is 0 Å². The molecule has 0 unspecified atom stereocenters. The molecule has 1 aromatic heterocycles. The summed E-state index contributed by atoms with van der Waals surface area (Å²) < 4.78 is 0. The number of pyridine rings is 1. The monoisotopic (exact) mass is 416 g/mol. The molecule has 1 aromatic carbocycles. The van der Waals surface area contributed by atoms with Gasteiger partial charge in [0.25, 0.3) is 0 Å². The third kappa shape index (κ3) is 4.98. The number of anilines is 2. The summed E-state index contributed by atoms with van der Waals surface area (Å²) in [5.74, 6) is 0.463. The van der Waals surface area contributed by atoms with E-state index >= 15 is 0 Å². The summed E-state index contributed by atoms with van der Waals surface area (Å²) in [4.78, 5) is 30.1. The number of aromatic nitrogens is 1. The van der Waals surface area contributed by atoms with Crippen LogP contribution in [0.5, 0.6) is 0 Å². The number of hydrogen-bond donors (Lipinski definition) is 4. The molecule has 5 N–H and O–H groups in total. The molecule has 0 saturated heterocycles. The van der Waals surface area contributed by atoms with Gasteiger partial charge in [0.05, 0.1) is 0 Å². The van der Waals surface area contributed by atoms with E-state index in [9.17, 15) is 9.59 Å². The Bertz CT molecular complexity index is 1090. The van der Waals surface area contributed by atoms with E-state index in [1.165, 1.54) is 5.57 Å². The van der Waals surface area contributed by atoms with Crippen molar-refractivity contribution < 1.29 is 9.59 Å². The van der Waals surface area contributed by atoms with Crippen molar-refractivity contribution in [3.8, 4) is 0 Å². The van der Waals surface area contributed by atoms with Crippen molar-refractivity contribution in [2.24, 2.45) is 5.73 Å². The largest absolute Gasteiger partial charge is 0.370 e. The predicted octanol–water partition coefficient (Wildman–Crippen LogP) is 2.60. The van der Waals surface area contributed by atoms with Gasteiger partial charge < -0.3 is 21.3 Å². The van der Waals surface area contributed by atoms with E-state index in [-0.39, 0.29) is 17.8 Å². The zero-order chi connectivity index (χ0) is 21.8. The third-order valence-corrected chi connectivity index (χ3v) is 5.34. The van der Waals surface area contributed by atoms with Crippen LogP contribution in [0, 0.1) is 5.41 Å². The predicted molar refractivity (Wildman–Crippen MR) is 121 cm³/mol. The Morgan fingerprint density at radius 1 is 1.23 bits per heavy atom. The number of fused-ring (bicyclic) bond motifs is 1. The van der Waals surface area contributed by atoms with Gasteiger partial charge in [-0.1, -0.05) is 18.2 Å². The first-order valence-electron chi connectivity index (χ1n) is 10.1. The Balaban J connectivity index is 1.36. The molecule has 0 aliphatic carbocycles. The molecule has 2 aliphatic rings. The summed E-state index contributed by atoms with van der Waals surface area (Å²) in [6.07, 6.45) is 8.98. The third-order valence-electron chi connectivity index (χ3n) is 5.34. The molecule has 8 nitrogen and oxygen atoms in total. The fraction of sp³-hybridized carbons (Fsp3) is 0.217. The van der Waals surface area contributed by atoms with E-state index in [2.05, 4.69) is 21.7 Å². The van der Waals surface area contributed by atoms with Crippen molar-refractivity contribution >= 4 is 40.9 Å². The molecule has 2 aromatic rings. The second-order valence-corrected chi connectivity index (χ2v) is 7.54. The number of amides is 2. The molecule has 2 amide bonds. The molecule has 0 saturated carbocycles. The second kappa shape index (κ2) is 8.83. The number of hydrogen-bond acceptors (Lipinski definition) is 4. The van der Waals surface area contributed by atoms with Gasteiger partial charge in [-0.2, -0.15) is 0 Å². The van der Waals surface area contributed by atoms with Crippen LogP contribution in [0.2, 0.25) is 0 Å². The first kappa shape index (κ1) is 20.3. The maximum Gasteiger partial charge on any atom is 0.246 e. The quantitative estimate of drug-likeness (QED) is 0.346. The van der Waals surface area contributed by atoms with Gasteiger partial charge in [0, 0.05) is 37.5 Å². The minimum atomic E-state index is -0.0928. The number of aryl methyl sites for hydroxylation is 1. The van der Waals surface area contributed by atoms with E-state index in [0.29, 0.717) is 31.7 Å². The number of benzene rings is 1. The molecule has 158 valence electrons. The number of carbonyl (C=O) groups is 2. The highest BCUT2D eigenvalue weighted by molar-refractivity contribution is 5.94. The van der Waals surface area contributed by atoms with E-state index in [1.807, 2.05) is 30.3 Å². The number of carbonyl (C=O) groups excluding carboxylic acids is 2. The maximum atomic E-state index is 12.6. The molecule has 0 atom stereocenters. The Hall–Kier alpha value is -3.94. The highest BCUT2D eigenvalue weighted by Crippen LogP contribution is 2.24. The Labute approximate surface area is 180 Å². The average Bonchev–Trinajstić information content (AvgIpc) is 2.77. The van der Waals surface area contributed by atoms with Crippen molar-refractivity contribution in [2.45, 2.75) is 19.3 Å². The molecule has 4 rings (SSSR count). The van der Waals surface area contributed by atoms with Crippen molar-refractivity contribution in [1.29, 1.82) is 5.41 Å². The first-order chi connectivity index (χ1) is 15.0. The molecule has 8 heteroatoms. The number of nitrogens with two attached hydrogens (primary N) is 1. The molecule has 31 heavy (non-hydrogen) atoms. The van der Waals surface area contributed by atoms with Gasteiger partial charge in [-0.15, -0.1) is 0 Å². The zero-order valence-corrected chi connectivity index (χ0v) is 17.0. The molecule has 2 aliphatic heterocycles. The highest BCUT2D eigenvalue weighted by atomic mass is 16.2. The normalized spacial score (nSPS) is 15.8. The van der Waals surface area contributed by atoms with Crippen LogP contribution < -0.4 is 16.4 Å². The zero-order valence-electron chi connectivity index (χ0n) is 17.0. The smallest absolute Gasteiger partial charge is 0.246 e. The van der Waals surface area contributed by atoms with E-state index in [4.69, 9.17) is 11.1 Å². The fourth-order valence-electron chi connectivity index (χ4n) is 3.69. The summed E-state index contributed by atoms with van der Waals surface area (Å²) in [6.45, 7) is 1.21. The van der Waals surface area contributed by atoms with Gasteiger partial charge in [-0.05, 0) is 59.4 Å². The van der Waals surface area contributed by atoms with Crippen molar-refractivity contribution in [3.63, 3.8) is 0 Å². The lowest BCUT2D eigenvalue weighted by atomic mass is 9.99. The summed E-state index contributed by atoms with van der Waals surface area (Å²) in [6, 6.07) is 9.70. The summed E-state index contributed by atoms with van der Waals surface area (Å²) in [7, 11) is 0. The summed E-state index contributed by atoms with van der Waals surface area (Å²) in [5, 5.41) is 12.8. The Morgan fingerprint density at radius 2 is 2.03 bits per heavy atom. The fourth-order valence-corrected chi connectivity index (χ4v) is 3.69. The summed E-state index contributed by atoms with van der Waals surface area (Å²) in [5.41, 5.74) is 10.2. The van der Waals surface area contributed by atoms with Crippen molar-refractivity contribution in [1.82, 2.24) is 9.88 Å². The van der Waals surface area contributed by atoms with Crippen molar-refractivity contribution in [3.05, 3.63) is 65.4 Å². The topological polar surface area (TPSA) is 124 Å². The van der Waals surface area contributed by atoms with E-state index in [1.54, 1.807) is 23.2 Å². The molecular weight excluding hydrogens is 392 g/mol. The lowest BCUT2D eigenvalue weighted by Gasteiger charge is -2.25. The number of nitrogens with zero attached hydrogens (tertiary/aromatic N) is 2.